The lowest BCUT2D eigenvalue weighted by Gasteiger charge is -2.22. The van der Waals surface area contributed by atoms with Gasteiger partial charge in [-0.2, -0.15) is 0 Å². The van der Waals surface area contributed by atoms with Crippen molar-refractivity contribution in [3.05, 3.63) is 35.9 Å². The maximum Gasteiger partial charge on any atom is 0.157 e. The molecule has 1 aromatic carbocycles. The summed E-state index contributed by atoms with van der Waals surface area (Å²) in [5.41, 5.74) is 1.18. The van der Waals surface area contributed by atoms with Crippen LogP contribution in [0.3, 0.4) is 0 Å². The fourth-order valence-corrected chi connectivity index (χ4v) is 2.64. The van der Waals surface area contributed by atoms with Crippen LogP contribution in [0.5, 0.6) is 0 Å². The summed E-state index contributed by atoms with van der Waals surface area (Å²) in [6, 6.07) is 10.1. The minimum absolute atomic E-state index is 0.00850. The van der Waals surface area contributed by atoms with Crippen LogP contribution < -0.4 is 0 Å². The van der Waals surface area contributed by atoms with Crippen molar-refractivity contribution in [2.75, 3.05) is 59.5 Å². The normalized spacial score (nSPS) is 17.3. The summed E-state index contributed by atoms with van der Waals surface area (Å²) in [5, 5.41) is 0. The molecule has 1 saturated heterocycles. The van der Waals surface area contributed by atoms with Gasteiger partial charge in [0.25, 0.3) is 0 Å². The number of ether oxygens (including phenoxy) is 6. The predicted octanol–water partition coefficient (Wildman–Crippen LogP) is 3.19. The second-order valence-corrected chi connectivity index (χ2v) is 6.40. The highest BCUT2D eigenvalue weighted by atomic mass is 16.7. The Morgan fingerprint density at radius 3 is 2.07 bits per heavy atom. The van der Waals surface area contributed by atoms with Gasteiger partial charge < -0.3 is 28.4 Å². The monoisotopic (exact) mass is 382 g/mol. The SMILES string of the molecule is c1ccc(COCCOCCOCCOCCCOC2CCCCO2)cc1. The van der Waals surface area contributed by atoms with Crippen molar-refractivity contribution in [2.45, 2.75) is 38.6 Å². The summed E-state index contributed by atoms with van der Waals surface area (Å²) in [4.78, 5) is 0. The molecular weight excluding hydrogens is 348 g/mol. The van der Waals surface area contributed by atoms with Gasteiger partial charge in [0.1, 0.15) is 0 Å². The van der Waals surface area contributed by atoms with E-state index in [0.717, 1.165) is 25.9 Å². The van der Waals surface area contributed by atoms with E-state index in [1.54, 1.807) is 0 Å². The van der Waals surface area contributed by atoms with Crippen molar-refractivity contribution < 1.29 is 28.4 Å². The molecule has 1 unspecified atom stereocenters. The number of rotatable bonds is 16. The molecule has 2 rings (SSSR count). The summed E-state index contributed by atoms with van der Waals surface area (Å²) < 4.78 is 33.2. The number of hydrogen-bond donors (Lipinski definition) is 0. The highest BCUT2D eigenvalue weighted by Crippen LogP contribution is 2.13. The minimum atomic E-state index is -0.00850. The number of benzene rings is 1. The van der Waals surface area contributed by atoms with Gasteiger partial charge in [0, 0.05) is 13.2 Å². The lowest BCUT2D eigenvalue weighted by atomic mass is 10.2. The Bertz CT molecular complexity index is 436. The molecule has 0 bridgehead atoms. The maximum absolute atomic E-state index is 5.65. The molecule has 1 aliphatic rings. The van der Waals surface area contributed by atoms with Gasteiger partial charge in [0.15, 0.2) is 6.29 Å². The Kier molecular flexibility index (Phi) is 13.2. The average Bonchev–Trinajstić information content (AvgIpc) is 2.72. The minimum Gasteiger partial charge on any atom is -0.379 e. The Hall–Kier alpha value is -1.02. The summed E-state index contributed by atoms with van der Waals surface area (Å²) in [6.07, 6.45) is 4.23. The zero-order chi connectivity index (χ0) is 18.8. The molecule has 0 N–H and O–H groups in total. The first-order valence-electron chi connectivity index (χ1n) is 10.0. The Labute approximate surface area is 163 Å². The largest absolute Gasteiger partial charge is 0.379 e. The summed E-state index contributed by atoms with van der Waals surface area (Å²) >= 11 is 0. The van der Waals surface area contributed by atoms with Crippen molar-refractivity contribution >= 4 is 0 Å². The van der Waals surface area contributed by atoms with Gasteiger partial charge in [-0.1, -0.05) is 30.3 Å². The van der Waals surface area contributed by atoms with Gasteiger partial charge in [-0.15, -0.1) is 0 Å². The Morgan fingerprint density at radius 2 is 1.41 bits per heavy atom. The van der Waals surface area contributed by atoms with E-state index in [9.17, 15) is 0 Å². The molecule has 1 aliphatic heterocycles. The standard InChI is InChI=1S/C21H34O6/c1-2-7-20(8-3-1)19-25-18-17-24-16-15-23-14-13-22-10-6-12-27-21-9-4-5-11-26-21/h1-3,7-8,21H,4-6,9-19H2. The molecule has 0 amide bonds. The molecule has 0 aromatic heterocycles. The van der Waals surface area contributed by atoms with E-state index in [1.807, 2.05) is 18.2 Å². The average molecular weight is 382 g/mol. The quantitative estimate of drug-likeness (QED) is 0.409. The predicted molar refractivity (Wildman–Crippen MR) is 103 cm³/mol. The van der Waals surface area contributed by atoms with E-state index in [0.29, 0.717) is 59.5 Å². The molecule has 154 valence electrons. The second-order valence-electron chi connectivity index (χ2n) is 6.40. The van der Waals surface area contributed by atoms with E-state index in [4.69, 9.17) is 28.4 Å². The third-order valence-electron chi connectivity index (χ3n) is 4.10. The molecule has 6 heteroatoms. The van der Waals surface area contributed by atoms with Crippen LogP contribution in [0.15, 0.2) is 30.3 Å². The maximum atomic E-state index is 5.65. The molecule has 1 heterocycles. The molecule has 0 aliphatic carbocycles. The zero-order valence-electron chi connectivity index (χ0n) is 16.3. The van der Waals surface area contributed by atoms with Crippen molar-refractivity contribution in [3.8, 4) is 0 Å². The molecule has 6 nitrogen and oxygen atoms in total. The smallest absolute Gasteiger partial charge is 0.157 e. The lowest BCUT2D eigenvalue weighted by Crippen LogP contribution is -2.23. The first-order chi connectivity index (χ1) is 13.4. The highest BCUT2D eigenvalue weighted by Gasteiger charge is 2.13. The van der Waals surface area contributed by atoms with Crippen LogP contribution in [0.1, 0.15) is 31.2 Å². The van der Waals surface area contributed by atoms with Crippen LogP contribution in [-0.2, 0) is 35.0 Å². The van der Waals surface area contributed by atoms with Crippen molar-refractivity contribution in [1.29, 1.82) is 0 Å². The van der Waals surface area contributed by atoms with E-state index in [2.05, 4.69) is 12.1 Å². The third-order valence-corrected chi connectivity index (χ3v) is 4.10. The van der Waals surface area contributed by atoms with Crippen LogP contribution in [0.2, 0.25) is 0 Å². The molecule has 0 spiro atoms. The van der Waals surface area contributed by atoms with Gasteiger partial charge in [-0.3, -0.25) is 0 Å². The lowest BCUT2D eigenvalue weighted by molar-refractivity contribution is -0.164. The summed E-state index contributed by atoms with van der Waals surface area (Å²) in [6.45, 7) is 6.31. The van der Waals surface area contributed by atoms with Crippen molar-refractivity contribution in [1.82, 2.24) is 0 Å². The second kappa shape index (κ2) is 16.0. The molecule has 27 heavy (non-hydrogen) atoms. The fourth-order valence-electron chi connectivity index (χ4n) is 2.64. The summed E-state index contributed by atoms with van der Waals surface area (Å²) in [7, 11) is 0. The van der Waals surface area contributed by atoms with Gasteiger partial charge in [-0.25, -0.2) is 0 Å². The van der Waals surface area contributed by atoms with Crippen molar-refractivity contribution in [2.24, 2.45) is 0 Å². The van der Waals surface area contributed by atoms with Crippen LogP contribution in [0, 0.1) is 0 Å². The fraction of sp³-hybridized carbons (Fsp3) is 0.714. The third kappa shape index (κ3) is 12.1. The first kappa shape index (κ1) is 22.3. The Morgan fingerprint density at radius 1 is 0.741 bits per heavy atom. The van der Waals surface area contributed by atoms with Crippen LogP contribution >= 0.6 is 0 Å². The van der Waals surface area contributed by atoms with Gasteiger partial charge in [0.2, 0.25) is 0 Å². The van der Waals surface area contributed by atoms with E-state index < -0.39 is 0 Å². The van der Waals surface area contributed by atoms with Gasteiger partial charge in [-0.05, 0) is 31.2 Å². The topological polar surface area (TPSA) is 55.4 Å². The molecule has 1 fully saturated rings. The molecular formula is C21H34O6. The summed E-state index contributed by atoms with van der Waals surface area (Å²) in [5.74, 6) is 0. The Balaban J connectivity index is 1.24. The zero-order valence-corrected chi connectivity index (χ0v) is 16.3. The van der Waals surface area contributed by atoms with E-state index in [1.165, 1.54) is 12.0 Å². The van der Waals surface area contributed by atoms with Crippen LogP contribution in [-0.4, -0.2) is 65.8 Å². The van der Waals surface area contributed by atoms with Gasteiger partial charge >= 0.3 is 0 Å². The molecule has 1 atom stereocenters. The van der Waals surface area contributed by atoms with Crippen LogP contribution in [0.25, 0.3) is 0 Å². The van der Waals surface area contributed by atoms with Gasteiger partial charge in [0.05, 0.1) is 52.9 Å². The molecule has 0 saturated carbocycles. The van der Waals surface area contributed by atoms with E-state index >= 15 is 0 Å². The molecule has 0 radical (unpaired) electrons. The highest BCUT2D eigenvalue weighted by molar-refractivity contribution is 5.13. The van der Waals surface area contributed by atoms with Crippen LogP contribution in [0.4, 0.5) is 0 Å². The molecule has 1 aromatic rings. The number of hydrogen-bond acceptors (Lipinski definition) is 6. The van der Waals surface area contributed by atoms with E-state index in [-0.39, 0.29) is 6.29 Å². The van der Waals surface area contributed by atoms with Crippen molar-refractivity contribution in [3.63, 3.8) is 0 Å². The first-order valence-corrected chi connectivity index (χ1v) is 10.0.